The Kier molecular flexibility index (Phi) is 3.95. The molecule has 6 nitrogen and oxygen atoms in total. The second-order valence-electron chi connectivity index (χ2n) is 5.69. The number of rotatable bonds is 4. The second-order valence-corrected chi connectivity index (χ2v) is 6.09. The molecule has 1 fully saturated rings. The van der Waals surface area contributed by atoms with Crippen LogP contribution < -0.4 is 5.32 Å². The van der Waals surface area contributed by atoms with Crippen molar-refractivity contribution in [3.8, 4) is 0 Å². The average Bonchev–Trinajstić information content (AvgIpc) is 2.73. The van der Waals surface area contributed by atoms with Crippen molar-refractivity contribution in [1.29, 1.82) is 0 Å². The number of hydrogen-bond donors (Lipinski definition) is 1. The highest BCUT2D eigenvalue weighted by Gasteiger charge is 2.48. The fourth-order valence-corrected chi connectivity index (χ4v) is 2.98. The molecule has 0 aliphatic carbocycles. The molecule has 0 spiro atoms. The maximum absolute atomic E-state index is 12.6. The van der Waals surface area contributed by atoms with Gasteiger partial charge in [0.1, 0.15) is 5.54 Å². The van der Waals surface area contributed by atoms with E-state index in [1.165, 1.54) is 7.11 Å². The van der Waals surface area contributed by atoms with E-state index < -0.39 is 11.6 Å². The Balaban J connectivity index is 1.98. The van der Waals surface area contributed by atoms with E-state index in [4.69, 9.17) is 16.3 Å². The van der Waals surface area contributed by atoms with Crippen LogP contribution in [0.25, 0.3) is 10.9 Å². The van der Waals surface area contributed by atoms with Crippen LogP contribution in [0.4, 0.5) is 4.79 Å². The van der Waals surface area contributed by atoms with Gasteiger partial charge in [-0.2, -0.15) is 0 Å². The van der Waals surface area contributed by atoms with Crippen LogP contribution in [0.15, 0.2) is 30.5 Å². The number of nitrogens with zero attached hydrogens (tertiary/aromatic N) is 2. The Morgan fingerprint density at radius 2 is 2.13 bits per heavy atom. The minimum absolute atomic E-state index is 0.0666. The van der Waals surface area contributed by atoms with E-state index in [0.29, 0.717) is 16.1 Å². The molecule has 1 N–H and O–H groups in total. The summed E-state index contributed by atoms with van der Waals surface area (Å²) >= 11 is 6.27. The van der Waals surface area contributed by atoms with Crippen LogP contribution in [0, 0.1) is 0 Å². The predicted octanol–water partition coefficient (Wildman–Crippen LogP) is 2.35. The molecule has 1 aliphatic rings. The lowest BCUT2D eigenvalue weighted by molar-refractivity contribution is -0.132. The maximum atomic E-state index is 12.6. The van der Waals surface area contributed by atoms with E-state index in [1.54, 1.807) is 19.2 Å². The van der Waals surface area contributed by atoms with Crippen molar-refractivity contribution in [2.75, 3.05) is 13.7 Å². The number of urea groups is 1. The van der Waals surface area contributed by atoms with Crippen molar-refractivity contribution in [1.82, 2.24) is 15.2 Å². The highest BCUT2D eigenvalue weighted by molar-refractivity contribution is 6.32. The molecule has 0 bridgehead atoms. The average molecular weight is 334 g/mol. The fraction of sp³-hybridized carbons (Fsp3) is 0.312. The van der Waals surface area contributed by atoms with Gasteiger partial charge in [-0.05, 0) is 19.1 Å². The minimum atomic E-state index is -1.06. The number of aromatic nitrogens is 1. The highest BCUT2D eigenvalue weighted by Crippen LogP contribution is 2.28. The lowest BCUT2D eigenvalue weighted by atomic mass is 10.0. The first-order valence-corrected chi connectivity index (χ1v) is 7.49. The second kappa shape index (κ2) is 5.79. The van der Waals surface area contributed by atoms with Gasteiger partial charge in [-0.1, -0.05) is 23.7 Å². The number of nitrogens with one attached hydrogen (secondary N) is 1. The van der Waals surface area contributed by atoms with Gasteiger partial charge in [0.05, 0.1) is 18.7 Å². The first-order chi connectivity index (χ1) is 11.0. The van der Waals surface area contributed by atoms with Gasteiger partial charge < -0.3 is 10.1 Å². The van der Waals surface area contributed by atoms with E-state index in [2.05, 4.69) is 10.3 Å². The maximum Gasteiger partial charge on any atom is 0.325 e. The van der Waals surface area contributed by atoms with Crippen LogP contribution in [-0.2, 0) is 16.1 Å². The zero-order chi connectivity index (χ0) is 16.6. The molecule has 0 radical (unpaired) electrons. The molecule has 1 aromatic carbocycles. The van der Waals surface area contributed by atoms with Crippen molar-refractivity contribution < 1.29 is 14.3 Å². The molecule has 23 heavy (non-hydrogen) atoms. The molecule has 1 atom stereocenters. The number of hydrogen-bond acceptors (Lipinski definition) is 4. The topological polar surface area (TPSA) is 71.5 Å². The Labute approximate surface area is 138 Å². The number of pyridine rings is 1. The quantitative estimate of drug-likeness (QED) is 0.872. The number of benzene rings is 1. The van der Waals surface area contributed by atoms with Gasteiger partial charge >= 0.3 is 6.03 Å². The molecule has 0 unspecified atom stereocenters. The summed E-state index contributed by atoms with van der Waals surface area (Å²) in [6.07, 6.45) is 1.66. The zero-order valence-electron chi connectivity index (χ0n) is 12.8. The van der Waals surface area contributed by atoms with E-state index in [0.717, 1.165) is 10.3 Å². The van der Waals surface area contributed by atoms with Gasteiger partial charge in [0.15, 0.2) is 0 Å². The molecular formula is C16H16ClN3O3. The number of amides is 3. The number of carbonyl (C=O) groups excluding carboxylic acids is 2. The van der Waals surface area contributed by atoms with E-state index in [-0.39, 0.29) is 19.1 Å². The molecule has 120 valence electrons. The van der Waals surface area contributed by atoms with Crippen LogP contribution in [0.5, 0.6) is 0 Å². The summed E-state index contributed by atoms with van der Waals surface area (Å²) in [5, 5.41) is 4.04. The van der Waals surface area contributed by atoms with Crippen molar-refractivity contribution in [2.24, 2.45) is 0 Å². The van der Waals surface area contributed by atoms with Crippen LogP contribution >= 0.6 is 11.6 Å². The molecule has 2 aromatic rings. The van der Waals surface area contributed by atoms with E-state index in [9.17, 15) is 9.59 Å². The molecule has 1 aromatic heterocycles. The minimum Gasteiger partial charge on any atom is -0.382 e. The van der Waals surface area contributed by atoms with Gasteiger partial charge in [-0.3, -0.25) is 14.7 Å². The Bertz CT molecular complexity index is 795. The number of ether oxygens (including phenoxy) is 1. The van der Waals surface area contributed by atoms with Crippen LogP contribution in [-0.4, -0.2) is 41.1 Å². The van der Waals surface area contributed by atoms with Crippen molar-refractivity contribution in [3.63, 3.8) is 0 Å². The molecule has 7 heteroatoms. The summed E-state index contributed by atoms with van der Waals surface area (Å²) < 4.78 is 5.04. The summed E-state index contributed by atoms with van der Waals surface area (Å²) in [5.41, 5.74) is 0.270. The number of fused-ring (bicyclic) bond motifs is 1. The summed E-state index contributed by atoms with van der Waals surface area (Å²) in [5.74, 6) is -0.339. The third-order valence-electron chi connectivity index (χ3n) is 3.92. The lowest BCUT2D eigenvalue weighted by Crippen LogP contribution is -2.47. The Morgan fingerprint density at radius 3 is 2.87 bits per heavy atom. The monoisotopic (exact) mass is 333 g/mol. The van der Waals surface area contributed by atoms with Gasteiger partial charge in [-0.15, -0.1) is 0 Å². The standard InChI is InChI=1S/C16H16ClN3O3/c1-16(9-23-2)14(21)20(15(22)19-16)8-11-12(17)6-5-10-4-3-7-18-13(10)11/h3-7H,8-9H2,1-2H3,(H,19,22)/t16-/m1/s1. The molecule has 2 heterocycles. The summed E-state index contributed by atoms with van der Waals surface area (Å²) in [4.78, 5) is 30.3. The molecular weight excluding hydrogens is 318 g/mol. The third-order valence-corrected chi connectivity index (χ3v) is 4.27. The van der Waals surface area contributed by atoms with Crippen LogP contribution in [0.1, 0.15) is 12.5 Å². The summed E-state index contributed by atoms with van der Waals surface area (Å²) in [7, 11) is 1.48. The smallest absolute Gasteiger partial charge is 0.325 e. The van der Waals surface area contributed by atoms with Gasteiger partial charge in [0, 0.05) is 29.3 Å². The van der Waals surface area contributed by atoms with Crippen molar-refractivity contribution in [3.05, 3.63) is 41.0 Å². The summed E-state index contributed by atoms with van der Waals surface area (Å²) in [6, 6.07) is 6.87. The van der Waals surface area contributed by atoms with E-state index in [1.807, 2.05) is 18.2 Å². The van der Waals surface area contributed by atoms with Crippen molar-refractivity contribution in [2.45, 2.75) is 19.0 Å². The van der Waals surface area contributed by atoms with Gasteiger partial charge in [0.2, 0.25) is 0 Å². The van der Waals surface area contributed by atoms with Gasteiger partial charge in [0.25, 0.3) is 5.91 Å². The van der Waals surface area contributed by atoms with E-state index >= 15 is 0 Å². The van der Waals surface area contributed by atoms with Crippen LogP contribution in [0.3, 0.4) is 0 Å². The zero-order valence-corrected chi connectivity index (χ0v) is 13.6. The van der Waals surface area contributed by atoms with Gasteiger partial charge in [-0.25, -0.2) is 4.79 Å². The number of methoxy groups -OCH3 is 1. The summed E-state index contributed by atoms with van der Waals surface area (Å²) in [6.45, 7) is 1.81. The molecule has 0 saturated carbocycles. The normalized spacial score (nSPS) is 21.1. The SMILES string of the molecule is COC[C@@]1(C)NC(=O)N(Cc2c(Cl)ccc3cccnc23)C1=O. The Morgan fingerprint density at radius 1 is 1.35 bits per heavy atom. The predicted molar refractivity (Wildman–Crippen MR) is 86.1 cm³/mol. The molecule has 1 saturated heterocycles. The van der Waals surface area contributed by atoms with Crippen LogP contribution in [0.2, 0.25) is 5.02 Å². The van der Waals surface area contributed by atoms with Crippen molar-refractivity contribution >= 4 is 34.4 Å². The molecule has 1 aliphatic heterocycles. The molecule has 3 rings (SSSR count). The lowest BCUT2D eigenvalue weighted by Gasteiger charge is -2.20. The Hall–Kier alpha value is -2.18. The first kappa shape index (κ1) is 15.7. The highest BCUT2D eigenvalue weighted by atomic mass is 35.5. The number of carbonyl (C=O) groups is 2. The molecule has 3 amide bonds. The third kappa shape index (κ3) is 2.64. The number of halogens is 1. The largest absolute Gasteiger partial charge is 0.382 e. The fourth-order valence-electron chi connectivity index (χ4n) is 2.77. The number of imide groups is 1. The first-order valence-electron chi connectivity index (χ1n) is 7.11.